The van der Waals surface area contributed by atoms with Gasteiger partial charge < -0.3 is 91.6 Å². The van der Waals surface area contributed by atoms with Crippen LogP contribution in [0.1, 0.15) is 85.5 Å². The van der Waals surface area contributed by atoms with Crippen LogP contribution < -0.4 is 71.2 Å². The van der Waals surface area contributed by atoms with Crippen molar-refractivity contribution in [2.45, 2.75) is 140 Å². The summed E-state index contributed by atoms with van der Waals surface area (Å²) in [5.41, 5.74) is 27.0. The molecule has 0 fully saturated rings. The Hall–Kier alpha value is -7.02. The highest BCUT2D eigenvalue weighted by Crippen LogP contribution is 2.09. The number of aliphatic hydroxyl groups is 1. The van der Waals surface area contributed by atoms with Gasteiger partial charge in [-0.2, -0.15) is 12.6 Å². The normalized spacial score (nSPS) is 14.6. The Balaban J connectivity index is 6.12. The maximum atomic E-state index is 13.8. The van der Waals surface area contributed by atoms with E-state index < -0.39 is 145 Å². The molecule has 0 unspecified atom stereocenters. The van der Waals surface area contributed by atoms with Crippen LogP contribution in [0.4, 0.5) is 0 Å². The summed E-state index contributed by atoms with van der Waals surface area (Å²) in [6.45, 7) is 5.00. The number of thiol groups is 1. The number of nitrogens with two attached hydrogens (primary N) is 5. The van der Waals surface area contributed by atoms with Crippen LogP contribution in [-0.4, -0.2) is 177 Å². The van der Waals surface area contributed by atoms with Gasteiger partial charge in [-0.05, 0) is 64.7 Å². The van der Waals surface area contributed by atoms with Gasteiger partial charge in [0, 0.05) is 31.7 Å². The van der Waals surface area contributed by atoms with Crippen molar-refractivity contribution in [1.29, 1.82) is 0 Å². The van der Waals surface area contributed by atoms with Crippen molar-refractivity contribution in [2.24, 2.45) is 44.6 Å². The van der Waals surface area contributed by atoms with E-state index in [4.69, 9.17) is 33.8 Å². The van der Waals surface area contributed by atoms with Crippen molar-refractivity contribution in [3.8, 4) is 0 Å². The molecule has 0 aromatic heterocycles. The van der Waals surface area contributed by atoms with Gasteiger partial charge in [-0.3, -0.25) is 57.9 Å². The summed E-state index contributed by atoms with van der Waals surface area (Å²) in [6.07, 6.45) is -1.85. The van der Waals surface area contributed by atoms with E-state index in [2.05, 4.69) is 65.1 Å². The average Bonchev–Trinajstić information content (AvgIpc) is 3.28. The van der Waals surface area contributed by atoms with Gasteiger partial charge >= 0.3 is 17.9 Å². The molecule has 71 heavy (non-hydrogen) atoms. The van der Waals surface area contributed by atoms with E-state index in [1.165, 1.54) is 13.8 Å². The number of nitrogens with one attached hydrogen (secondary N) is 8. The predicted molar refractivity (Wildman–Crippen MR) is 256 cm³/mol. The van der Waals surface area contributed by atoms with E-state index in [1.807, 2.05) is 0 Å². The number of aliphatic hydroxyl groups excluding tert-OH is 1. The van der Waals surface area contributed by atoms with Crippen molar-refractivity contribution >= 4 is 89.7 Å². The van der Waals surface area contributed by atoms with Gasteiger partial charge in [0.25, 0.3) is 0 Å². The maximum absolute atomic E-state index is 13.8. The lowest BCUT2D eigenvalue weighted by Gasteiger charge is -2.27. The number of carbonyl (C=O) groups excluding carboxylic acids is 8. The summed E-state index contributed by atoms with van der Waals surface area (Å²) >= 11 is 4.09. The van der Waals surface area contributed by atoms with E-state index in [-0.39, 0.29) is 75.2 Å². The molecule has 0 aliphatic rings. The molecule has 8 amide bonds. The van der Waals surface area contributed by atoms with Crippen LogP contribution in [0.2, 0.25) is 0 Å². The third-order valence-electron chi connectivity index (χ3n) is 9.90. The van der Waals surface area contributed by atoms with Gasteiger partial charge in [-0.15, -0.1) is 0 Å². The number of carboxylic acids is 3. The molecular formula is C40H71N15O15S. The molecule has 0 aromatic rings. The number of hydrogen-bond acceptors (Lipinski definition) is 16. The molecular weight excluding hydrogens is 963 g/mol. The highest BCUT2D eigenvalue weighted by Gasteiger charge is 2.34. The zero-order chi connectivity index (χ0) is 54.5. The van der Waals surface area contributed by atoms with Crippen molar-refractivity contribution in [3.63, 3.8) is 0 Å². The van der Waals surface area contributed by atoms with Crippen LogP contribution in [0.3, 0.4) is 0 Å². The number of guanidine groups is 2. The molecule has 0 radical (unpaired) electrons. The number of nitrogens with zero attached hydrogens (tertiary/aromatic N) is 2. The number of hydrogen-bond donors (Lipinski definition) is 18. The van der Waals surface area contributed by atoms with Crippen molar-refractivity contribution in [1.82, 2.24) is 42.5 Å². The Labute approximate surface area is 414 Å². The Morgan fingerprint density at radius 2 is 0.845 bits per heavy atom. The molecule has 0 bridgehead atoms. The Morgan fingerprint density at radius 1 is 0.479 bits per heavy atom. The lowest BCUT2D eigenvalue weighted by molar-refractivity contribution is -0.142. The fourth-order valence-corrected chi connectivity index (χ4v) is 6.28. The Bertz CT molecular complexity index is 1920. The fraction of sp³-hybridized carbons (Fsp3) is 0.675. The third-order valence-corrected chi connectivity index (χ3v) is 10.3. The molecule has 402 valence electrons. The van der Waals surface area contributed by atoms with Gasteiger partial charge in [0.2, 0.25) is 47.3 Å². The average molecular weight is 1030 g/mol. The second kappa shape index (κ2) is 33.5. The highest BCUT2D eigenvalue weighted by molar-refractivity contribution is 7.80. The topological polar surface area (TPSA) is 520 Å². The number of amides is 8. The maximum Gasteiger partial charge on any atom is 0.326 e. The van der Waals surface area contributed by atoms with E-state index in [0.717, 1.165) is 0 Å². The van der Waals surface area contributed by atoms with E-state index in [9.17, 15) is 68.1 Å². The minimum absolute atomic E-state index is 0.00332. The van der Waals surface area contributed by atoms with Gasteiger partial charge in [0.15, 0.2) is 11.9 Å². The molecule has 0 saturated carbocycles. The lowest BCUT2D eigenvalue weighted by Crippen LogP contribution is -2.60. The van der Waals surface area contributed by atoms with Crippen LogP contribution in [0.15, 0.2) is 9.98 Å². The predicted octanol–water partition coefficient (Wildman–Crippen LogP) is -6.88. The molecule has 0 saturated heterocycles. The van der Waals surface area contributed by atoms with Gasteiger partial charge in [0.05, 0.1) is 12.6 Å². The first-order valence-electron chi connectivity index (χ1n) is 22.3. The molecule has 30 nitrogen and oxygen atoms in total. The first-order valence-corrected chi connectivity index (χ1v) is 22.9. The molecule has 22 N–H and O–H groups in total. The number of aliphatic carboxylic acids is 3. The first kappa shape index (κ1) is 64.0. The van der Waals surface area contributed by atoms with Crippen LogP contribution in [0.5, 0.6) is 0 Å². The van der Waals surface area contributed by atoms with Crippen LogP contribution in [0.25, 0.3) is 0 Å². The zero-order valence-electron chi connectivity index (χ0n) is 40.0. The van der Waals surface area contributed by atoms with Gasteiger partial charge in [-0.25, -0.2) is 4.79 Å². The number of rotatable bonds is 35. The largest absolute Gasteiger partial charge is 0.481 e. The Morgan fingerprint density at radius 3 is 1.28 bits per heavy atom. The standard InChI is InChI=1S/C40H71N15O15S/c1-18(2)15-25(53-33(64)22(7-5-13-46-39(42)43)51-36(67)26(16-56)54-32(63)21(41)9-11-28(57)58)35(66)48-19(3)30(61)50-23(10-12-29(59)60)34(65)55-27(17-71)37(68)49-20(4)31(62)52-24(38(69)70)8-6-14-47-40(44)45/h18-27,56,71H,5-17,41H2,1-4H3,(H,48,66)(H,49,68)(H,50,61)(H,51,67)(H,52,62)(H,53,64)(H,54,63)(H,55,65)(H,57,58)(H,59,60)(H,69,70)(H4,42,43,46)(H4,44,45,47)/t19-,20-,21-,22-,23-,24-,25-,26-,27-/m0/s1. The highest BCUT2D eigenvalue weighted by atomic mass is 32.1. The molecule has 0 aliphatic carbocycles. The van der Waals surface area contributed by atoms with E-state index in [0.29, 0.717) is 0 Å². The Kier molecular flexibility index (Phi) is 30.2. The first-order chi connectivity index (χ1) is 33.1. The van der Waals surface area contributed by atoms with Gasteiger partial charge in [0.1, 0.15) is 48.3 Å². The number of carboxylic acid groups (broad SMARTS) is 3. The summed E-state index contributed by atoms with van der Waals surface area (Å²) in [6, 6.07) is -13.1. The number of aliphatic imine (C=N–C) groups is 2. The van der Waals surface area contributed by atoms with E-state index >= 15 is 0 Å². The third kappa shape index (κ3) is 27.1. The van der Waals surface area contributed by atoms with Crippen molar-refractivity contribution < 1.29 is 73.2 Å². The van der Waals surface area contributed by atoms with Crippen LogP contribution in [0, 0.1) is 5.92 Å². The minimum Gasteiger partial charge on any atom is -0.481 e. The van der Waals surface area contributed by atoms with Crippen molar-refractivity contribution in [2.75, 3.05) is 25.4 Å². The smallest absolute Gasteiger partial charge is 0.326 e. The second-order valence-electron chi connectivity index (χ2n) is 16.5. The summed E-state index contributed by atoms with van der Waals surface area (Å²) in [7, 11) is 0. The quantitative estimate of drug-likeness (QED) is 0.0121. The fourth-order valence-electron chi connectivity index (χ4n) is 6.02. The van der Waals surface area contributed by atoms with Crippen LogP contribution >= 0.6 is 12.6 Å². The molecule has 9 atom stereocenters. The van der Waals surface area contributed by atoms with Gasteiger partial charge in [-0.1, -0.05) is 13.8 Å². The monoisotopic (exact) mass is 1030 g/mol. The zero-order valence-corrected chi connectivity index (χ0v) is 40.9. The number of carbonyl (C=O) groups is 11. The summed E-state index contributed by atoms with van der Waals surface area (Å²) in [5, 5.41) is 56.5. The molecule has 0 aliphatic heterocycles. The summed E-state index contributed by atoms with van der Waals surface area (Å²) in [5.74, 6) is -12.8. The molecule has 31 heteroatoms. The lowest BCUT2D eigenvalue weighted by atomic mass is 10.0. The molecule has 0 rings (SSSR count). The SMILES string of the molecule is CC(C)C[C@H](NC(=O)[C@H](CCCN=C(N)N)NC(=O)[C@H](CO)NC(=O)[C@@H](N)CCC(=O)O)C(=O)N[C@@H](C)C(=O)N[C@@H](CCC(=O)O)C(=O)N[C@@H](CS)C(=O)N[C@@H](C)C(=O)N[C@@H](CCCN=C(N)N)C(=O)O. The molecule has 0 heterocycles. The molecule has 0 aromatic carbocycles. The molecule has 0 spiro atoms. The summed E-state index contributed by atoms with van der Waals surface area (Å²) < 4.78 is 0. The van der Waals surface area contributed by atoms with Crippen molar-refractivity contribution in [3.05, 3.63) is 0 Å². The summed E-state index contributed by atoms with van der Waals surface area (Å²) in [4.78, 5) is 148. The minimum atomic E-state index is -1.65. The van der Waals surface area contributed by atoms with E-state index in [1.54, 1.807) is 13.8 Å². The van der Waals surface area contributed by atoms with Crippen LogP contribution in [-0.2, 0) is 52.7 Å². The second-order valence-corrected chi connectivity index (χ2v) is 16.9.